The predicted octanol–water partition coefficient (Wildman–Crippen LogP) is 2.37. The van der Waals surface area contributed by atoms with Crippen LogP contribution in [0.25, 0.3) is 11.4 Å². The number of sulfonamides is 1. The van der Waals surface area contributed by atoms with E-state index in [9.17, 15) is 8.42 Å². The molecule has 20 heavy (non-hydrogen) atoms. The Balaban J connectivity index is 2.69. The molecule has 108 valence electrons. The van der Waals surface area contributed by atoms with Crippen molar-refractivity contribution in [3.63, 3.8) is 0 Å². The van der Waals surface area contributed by atoms with Crippen molar-refractivity contribution in [1.82, 2.24) is 14.8 Å². The lowest BCUT2D eigenvalue weighted by Crippen LogP contribution is -2.19. The quantitative estimate of drug-likeness (QED) is 0.694. The number of nitrogens with zero attached hydrogens (tertiary/aromatic N) is 3. The summed E-state index contributed by atoms with van der Waals surface area (Å²) >= 11 is 5.57. The van der Waals surface area contributed by atoms with Gasteiger partial charge in [0.1, 0.15) is 0 Å². The van der Waals surface area contributed by atoms with Gasteiger partial charge >= 0.3 is 0 Å². The van der Waals surface area contributed by atoms with E-state index in [0.29, 0.717) is 12.4 Å². The molecule has 0 saturated carbocycles. The van der Waals surface area contributed by atoms with Crippen molar-refractivity contribution in [2.24, 2.45) is 5.14 Å². The number of hydrogen-bond donors (Lipinski definition) is 1. The van der Waals surface area contributed by atoms with Gasteiger partial charge in [-0.3, -0.25) is 4.57 Å². The molecule has 9 heteroatoms. The highest BCUT2D eigenvalue weighted by Gasteiger charge is 2.22. The van der Waals surface area contributed by atoms with Gasteiger partial charge in [0.05, 0.1) is 0 Å². The van der Waals surface area contributed by atoms with Crippen LogP contribution >= 0.6 is 38.5 Å². The average molecular weight is 471 g/mol. The van der Waals surface area contributed by atoms with E-state index in [1.807, 2.05) is 25.1 Å². The fraction of sp³-hybridized carbons (Fsp3) is 0.273. The maximum absolute atomic E-state index is 11.6. The topological polar surface area (TPSA) is 90.9 Å². The number of benzene rings is 1. The van der Waals surface area contributed by atoms with E-state index >= 15 is 0 Å². The highest BCUT2D eigenvalue weighted by molar-refractivity contribution is 14.1. The van der Waals surface area contributed by atoms with Crippen LogP contribution in [0.2, 0.25) is 0 Å². The molecule has 0 bridgehead atoms. The summed E-state index contributed by atoms with van der Waals surface area (Å²) in [4.78, 5) is 0. The van der Waals surface area contributed by atoms with Gasteiger partial charge in [0.15, 0.2) is 5.82 Å². The first-order chi connectivity index (χ1) is 9.34. The van der Waals surface area contributed by atoms with Crippen molar-refractivity contribution in [1.29, 1.82) is 0 Å². The number of aromatic nitrogens is 3. The number of rotatable bonds is 4. The van der Waals surface area contributed by atoms with Crippen molar-refractivity contribution in [3.05, 3.63) is 26.2 Å². The minimum absolute atomic E-state index is 0.204. The fourth-order valence-electron chi connectivity index (χ4n) is 1.79. The van der Waals surface area contributed by atoms with Gasteiger partial charge in [-0.25, -0.2) is 13.6 Å². The van der Waals surface area contributed by atoms with Gasteiger partial charge in [-0.1, -0.05) is 22.9 Å². The van der Waals surface area contributed by atoms with Crippen LogP contribution in [0.4, 0.5) is 0 Å². The minimum atomic E-state index is -3.89. The molecule has 0 saturated heterocycles. The van der Waals surface area contributed by atoms with E-state index in [2.05, 4.69) is 48.7 Å². The summed E-state index contributed by atoms with van der Waals surface area (Å²) in [6.45, 7) is 2.43. The first kappa shape index (κ1) is 15.9. The Morgan fingerprint density at radius 1 is 1.40 bits per heavy atom. The molecule has 6 nitrogen and oxygen atoms in total. The van der Waals surface area contributed by atoms with Crippen molar-refractivity contribution in [3.8, 4) is 11.4 Å². The Bertz CT molecular complexity index is 745. The Morgan fingerprint density at radius 3 is 2.70 bits per heavy atom. The van der Waals surface area contributed by atoms with Crippen molar-refractivity contribution in [2.75, 3.05) is 0 Å². The summed E-state index contributed by atoms with van der Waals surface area (Å²) in [5.41, 5.74) is 0.816. The van der Waals surface area contributed by atoms with E-state index in [1.165, 1.54) is 0 Å². The number of halogens is 2. The Labute approximate surface area is 139 Å². The third kappa shape index (κ3) is 3.21. The van der Waals surface area contributed by atoms with Crippen molar-refractivity contribution in [2.45, 2.75) is 25.0 Å². The summed E-state index contributed by atoms with van der Waals surface area (Å²) in [5, 5.41) is 12.7. The number of hydrogen-bond acceptors (Lipinski definition) is 4. The van der Waals surface area contributed by atoms with Crippen molar-refractivity contribution < 1.29 is 8.42 Å². The van der Waals surface area contributed by atoms with Crippen LogP contribution < -0.4 is 5.14 Å². The van der Waals surface area contributed by atoms with Crippen LogP contribution in [0.5, 0.6) is 0 Å². The Hall–Kier alpha value is -0.520. The van der Waals surface area contributed by atoms with Crippen molar-refractivity contribution >= 4 is 48.5 Å². The van der Waals surface area contributed by atoms with E-state index in [0.717, 1.165) is 20.0 Å². The van der Waals surface area contributed by atoms with Gasteiger partial charge in [0, 0.05) is 20.2 Å². The van der Waals surface area contributed by atoms with Gasteiger partial charge in [0.25, 0.3) is 15.2 Å². The monoisotopic (exact) mass is 470 g/mol. The Morgan fingerprint density at radius 2 is 2.10 bits per heavy atom. The SMILES string of the molecule is CCCn1c(-c2cc(Br)ccc2I)nnc1S(N)(=O)=O. The zero-order valence-corrected chi connectivity index (χ0v) is 15.1. The molecule has 0 spiro atoms. The molecule has 0 atom stereocenters. The maximum atomic E-state index is 11.6. The molecular formula is C11H12BrIN4O2S. The maximum Gasteiger partial charge on any atom is 0.273 e. The van der Waals surface area contributed by atoms with Gasteiger partial charge in [-0.15, -0.1) is 10.2 Å². The van der Waals surface area contributed by atoms with Crippen LogP contribution in [-0.4, -0.2) is 23.2 Å². The molecule has 0 radical (unpaired) electrons. The van der Waals surface area contributed by atoms with Gasteiger partial charge < -0.3 is 0 Å². The van der Waals surface area contributed by atoms with E-state index in [-0.39, 0.29) is 5.16 Å². The molecular weight excluding hydrogens is 459 g/mol. The second-order valence-corrected chi connectivity index (χ2v) is 7.66. The summed E-state index contributed by atoms with van der Waals surface area (Å²) in [5.74, 6) is 0.501. The lowest BCUT2D eigenvalue weighted by Gasteiger charge is -2.09. The minimum Gasteiger partial charge on any atom is -0.297 e. The number of nitrogens with two attached hydrogens (primary N) is 1. The lowest BCUT2D eigenvalue weighted by molar-refractivity contribution is 0.559. The Kier molecular flexibility index (Phi) is 4.82. The zero-order valence-electron chi connectivity index (χ0n) is 10.5. The molecule has 1 heterocycles. The summed E-state index contributed by atoms with van der Waals surface area (Å²) < 4.78 is 26.5. The summed E-state index contributed by atoms with van der Waals surface area (Å²) in [7, 11) is -3.89. The van der Waals surface area contributed by atoms with Gasteiger partial charge in [-0.05, 0) is 47.2 Å². The molecule has 2 rings (SSSR count). The highest BCUT2D eigenvalue weighted by atomic mass is 127. The molecule has 0 aliphatic heterocycles. The summed E-state index contributed by atoms with van der Waals surface area (Å²) in [6, 6.07) is 5.71. The van der Waals surface area contributed by atoms with E-state index in [1.54, 1.807) is 4.57 Å². The average Bonchev–Trinajstić information content (AvgIpc) is 2.76. The van der Waals surface area contributed by atoms with E-state index in [4.69, 9.17) is 5.14 Å². The molecule has 0 aliphatic rings. The van der Waals surface area contributed by atoms with Crippen LogP contribution in [0, 0.1) is 3.57 Å². The third-order valence-corrected chi connectivity index (χ3v) is 4.83. The zero-order chi connectivity index (χ0) is 14.9. The molecule has 0 aliphatic carbocycles. The lowest BCUT2D eigenvalue weighted by atomic mass is 10.2. The molecule has 2 N–H and O–H groups in total. The van der Waals surface area contributed by atoms with Crippen LogP contribution in [0.1, 0.15) is 13.3 Å². The smallest absolute Gasteiger partial charge is 0.273 e. The standard InChI is InChI=1S/C11H12BrIN4O2S/c1-2-5-17-10(15-16-11(17)20(14,18)19)8-6-7(12)3-4-9(8)13/h3-4,6H,2,5H2,1H3,(H2,14,18,19). The van der Waals surface area contributed by atoms with Gasteiger partial charge in [0.2, 0.25) is 0 Å². The molecule has 0 amide bonds. The third-order valence-electron chi connectivity index (χ3n) is 2.59. The number of primary sulfonamides is 1. The second-order valence-electron chi connectivity index (χ2n) is 4.13. The van der Waals surface area contributed by atoms with Crippen LogP contribution in [0.15, 0.2) is 27.8 Å². The molecule has 1 aromatic heterocycles. The second kappa shape index (κ2) is 6.08. The first-order valence-electron chi connectivity index (χ1n) is 5.76. The first-order valence-corrected chi connectivity index (χ1v) is 9.17. The molecule has 0 unspecified atom stereocenters. The normalized spacial score (nSPS) is 11.8. The largest absolute Gasteiger partial charge is 0.297 e. The van der Waals surface area contributed by atoms with E-state index < -0.39 is 10.0 Å². The molecule has 1 aromatic carbocycles. The summed E-state index contributed by atoms with van der Waals surface area (Å²) in [6.07, 6.45) is 0.748. The molecule has 0 fully saturated rings. The van der Waals surface area contributed by atoms with Gasteiger partial charge in [-0.2, -0.15) is 0 Å². The molecule has 2 aromatic rings. The predicted molar refractivity (Wildman–Crippen MR) is 87.5 cm³/mol. The van der Waals surface area contributed by atoms with Crippen LogP contribution in [-0.2, 0) is 16.6 Å². The highest BCUT2D eigenvalue weighted by Crippen LogP contribution is 2.28. The fourth-order valence-corrected chi connectivity index (χ4v) is 3.37. The van der Waals surface area contributed by atoms with Crippen LogP contribution in [0.3, 0.4) is 0 Å².